The summed E-state index contributed by atoms with van der Waals surface area (Å²) >= 11 is 10.0. The molecule has 0 bridgehead atoms. The molecule has 0 radical (unpaired) electrons. The van der Waals surface area contributed by atoms with Gasteiger partial charge in [0.15, 0.2) is 0 Å². The second kappa shape index (κ2) is 7.50. The van der Waals surface area contributed by atoms with Crippen molar-refractivity contribution < 1.29 is 34.3 Å². The van der Waals surface area contributed by atoms with Crippen LogP contribution in [-0.4, -0.2) is 42.5 Å². The fourth-order valence-corrected chi connectivity index (χ4v) is 2.39. The Hall–Kier alpha value is -0.0700. The Morgan fingerprint density at radius 2 is 1.83 bits per heavy atom. The Morgan fingerprint density at radius 3 is 2.39 bits per heavy atom. The van der Waals surface area contributed by atoms with Gasteiger partial charge in [-0.2, -0.15) is 0 Å². The molecule has 18 heavy (non-hydrogen) atoms. The predicted molar refractivity (Wildman–Crippen MR) is 76.7 cm³/mol. The molecule has 1 saturated heterocycles. The third kappa shape index (κ3) is 3.71. The van der Waals surface area contributed by atoms with E-state index in [1.54, 1.807) is 7.11 Å². The normalized spacial score (nSPS) is 14.9. The minimum atomic E-state index is 0. The summed E-state index contributed by atoms with van der Waals surface area (Å²) < 4.78 is 5.94. The zero-order valence-corrected chi connectivity index (χ0v) is 14.4. The van der Waals surface area contributed by atoms with Crippen LogP contribution in [0.2, 0.25) is 0 Å². The van der Waals surface area contributed by atoms with Gasteiger partial charge < -0.3 is 39.4 Å². The molecule has 1 aliphatic rings. The zero-order chi connectivity index (χ0) is 12.3. The van der Waals surface area contributed by atoms with Crippen molar-refractivity contribution in [1.82, 2.24) is 4.90 Å². The summed E-state index contributed by atoms with van der Waals surface area (Å²) in [6.45, 7) is 3.63. The summed E-state index contributed by atoms with van der Waals surface area (Å²) in [7, 11) is 1.70. The van der Waals surface area contributed by atoms with E-state index in [0.717, 1.165) is 37.6 Å². The SMILES string of the molecule is COc1ccccc1N1CCN(C(=S)[S-])CC1.[Na+]. The Morgan fingerprint density at radius 1 is 1.22 bits per heavy atom. The van der Waals surface area contributed by atoms with E-state index in [9.17, 15) is 0 Å². The monoisotopic (exact) mass is 290 g/mol. The van der Waals surface area contributed by atoms with Crippen molar-refractivity contribution in [2.75, 3.05) is 38.2 Å². The molecular weight excluding hydrogens is 275 g/mol. The molecule has 1 aliphatic heterocycles. The molecule has 0 saturated carbocycles. The zero-order valence-electron chi connectivity index (χ0n) is 10.8. The number of thiocarbonyl (C=S) groups is 1. The van der Waals surface area contributed by atoms with Crippen LogP contribution in [0, 0.1) is 0 Å². The van der Waals surface area contributed by atoms with Gasteiger partial charge in [0.05, 0.1) is 12.8 Å². The van der Waals surface area contributed by atoms with Crippen molar-refractivity contribution in [3.8, 4) is 5.75 Å². The van der Waals surface area contributed by atoms with Gasteiger partial charge in [0.1, 0.15) is 5.75 Å². The van der Waals surface area contributed by atoms with Crippen molar-refractivity contribution in [1.29, 1.82) is 0 Å². The average Bonchev–Trinajstić information content (AvgIpc) is 2.39. The molecule has 3 nitrogen and oxygen atoms in total. The van der Waals surface area contributed by atoms with E-state index in [1.165, 1.54) is 0 Å². The van der Waals surface area contributed by atoms with E-state index >= 15 is 0 Å². The number of hydrogen-bond donors (Lipinski definition) is 0. The van der Waals surface area contributed by atoms with Crippen molar-refractivity contribution >= 4 is 34.9 Å². The Balaban J connectivity index is 0.00000162. The van der Waals surface area contributed by atoms with Crippen LogP contribution in [0.15, 0.2) is 24.3 Å². The number of rotatable bonds is 2. The predicted octanol–water partition coefficient (Wildman–Crippen LogP) is -1.35. The number of para-hydroxylation sites is 2. The molecule has 0 amide bonds. The summed E-state index contributed by atoms with van der Waals surface area (Å²) in [6, 6.07) is 8.08. The molecule has 1 aromatic rings. The standard InChI is InChI=1S/C12H16N2OS2.Na/c1-15-11-5-3-2-4-10(11)13-6-8-14(9-7-13)12(16)17;/h2-5H,6-9H2,1H3,(H,16,17);/q;+1/p-1. The number of ether oxygens (including phenoxy) is 1. The minimum absolute atomic E-state index is 0. The van der Waals surface area contributed by atoms with Crippen molar-refractivity contribution in [3.05, 3.63) is 24.3 Å². The quantitative estimate of drug-likeness (QED) is 0.379. The van der Waals surface area contributed by atoms with Crippen LogP contribution >= 0.6 is 12.2 Å². The van der Waals surface area contributed by atoms with E-state index in [1.807, 2.05) is 18.2 Å². The van der Waals surface area contributed by atoms with Gasteiger partial charge in [-0.15, -0.1) is 0 Å². The van der Waals surface area contributed by atoms with Crippen LogP contribution in [0.1, 0.15) is 0 Å². The van der Waals surface area contributed by atoms with Crippen LogP contribution in [0.25, 0.3) is 0 Å². The van der Waals surface area contributed by atoms with Gasteiger partial charge in [0.25, 0.3) is 0 Å². The summed E-state index contributed by atoms with van der Waals surface area (Å²) in [6.07, 6.45) is 0. The molecule has 1 aromatic carbocycles. The maximum Gasteiger partial charge on any atom is 1.00 e. The fraction of sp³-hybridized carbons (Fsp3) is 0.417. The molecular formula is C12H15N2NaOS2. The second-order valence-electron chi connectivity index (χ2n) is 3.91. The number of hydrogen-bond acceptors (Lipinski definition) is 4. The number of nitrogens with zero attached hydrogens (tertiary/aromatic N) is 2. The molecule has 0 N–H and O–H groups in total. The van der Waals surface area contributed by atoms with E-state index in [-0.39, 0.29) is 29.6 Å². The average molecular weight is 290 g/mol. The van der Waals surface area contributed by atoms with E-state index in [4.69, 9.17) is 29.6 Å². The molecule has 0 aliphatic carbocycles. The van der Waals surface area contributed by atoms with Gasteiger partial charge >= 0.3 is 29.6 Å². The van der Waals surface area contributed by atoms with Crippen LogP contribution in [-0.2, 0) is 12.6 Å². The van der Waals surface area contributed by atoms with Gasteiger partial charge in [-0.05, 0) is 12.1 Å². The molecule has 0 spiro atoms. The van der Waals surface area contributed by atoms with E-state index in [2.05, 4.69) is 15.9 Å². The van der Waals surface area contributed by atoms with Crippen LogP contribution < -0.4 is 39.2 Å². The Labute approximate surface area is 141 Å². The van der Waals surface area contributed by atoms with Crippen molar-refractivity contribution in [2.45, 2.75) is 0 Å². The molecule has 0 aromatic heterocycles. The van der Waals surface area contributed by atoms with Crippen molar-refractivity contribution in [2.24, 2.45) is 0 Å². The molecule has 2 rings (SSSR count). The number of anilines is 1. The molecule has 6 heteroatoms. The minimum Gasteiger partial charge on any atom is -0.495 e. The number of methoxy groups -OCH3 is 1. The first-order valence-electron chi connectivity index (χ1n) is 5.56. The third-order valence-electron chi connectivity index (χ3n) is 2.96. The van der Waals surface area contributed by atoms with Gasteiger partial charge in [0.2, 0.25) is 0 Å². The smallest absolute Gasteiger partial charge is 0.495 e. The van der Waals surface area contributed by atoms with Gasteiger partial charge in [0, 0.05) is 26.2 Å². The summed E-state index contributed by atoms with van der Waals surface area (Å²) in [5.74, 6) is 0.918. The largest absolute Gasteiger partial charge is 1.00 e. The first kappa shape index (κ1) is 16.0. The van der Waals surface area contributed by atoms with Crippen LogP contribution in [0.5, 0.6) is 5.75 Å². The number of piperazine rings is 1. The van der Waals surface area contributed by atoms with Gasteiger partial charge in [-0.1, -0.05) is 16.5 Å². The van der Waals surface area contributed by atoms with Crippen molar-refractivity contribution in [3.63, 3.8) is 0 Å². The van der Waals surface area contributed by atoms with E-state index in [0.29, 0.717) is 4.32 Å². The molecule has 0 atom stereocenters. The maximum absolute atomic E-state index is 5.37. The summed E-state index contributed by atoms with van der Waals surface area (Å²) in [4.78, 5) is 4.37. The Bertz CT molecular complexity index is 409. The first-order valence-corrected chi connectivity index (χ1v) is 6.38. The second-order valence-corrected chi connectivity index (χ2v) is 4.94. The maximum atomic E-state index is 5.37. The van der Waals surface area contributed by atoms with Gasteiger partial charge in [-0.3, -0.25) is 0 Å². The summed E-state index contributed by atoms with van der Waals surface area (Å²) in [5.41, 5.74) is 1.14. The van der Waals surface area contributed by atoms with Crippen LogP contribution in [0.3, 0.4) is 0 Å². The molecule has 1 heterocycles. The Kier molecular flexibility index (Phi) is 6.66. The number of benzene rings is 1. The summed E-state index contributed by atoms with van der Waals surface area (Å²) in [5, 5.41) is 0. The van der Waals surface area contributed by atoms with E-state index < -0.39 is 0 Å². The fourth-order valence-electron chi connectivity index (χ4n) is 2.02. The molecule has 1 fully saturated rings. The topological polar surface area (TPSA) is 15.7 Å². The van der Waals surface area contributed by atoms with Crippen LogP contribution in [0.4, 0.5) is 5.69 Å². The molecule has 92 valence electrons. The van der Waals surface area contributed by atoms with Gasteiger partial charge in [-0.25, -0.2) is 0 Å². The third-order valence-corrected chi connectivity index (χ3v) is 3.48. The molecule has 0 unspecified atom stereocenters. The first-order chi connectivity index (χ1) is 8.22.